The van der Waals surface area contributed by atoms with E-state index >= 15 is 0 Å². The zero-order valence-corrected chi connectivity index (χ0v) is 21.9. The summed E-state index contributed by atoms with van der Waals surface area (Å²) in [6.07, 6.45) is 9.93. The molecule has 2 fully saturated rings. The fourth-order valence-corrected chi connectivity index (χ4v) is 6.70. The highest BCUT2D eigenvalue weighted by Crippen LogP contribution is 2.59. The number of likely N-dealkylation sites (tertiary alicyclic amines) is 1. The van der Waals surface area contributed by atoms with Crippen LogP contribution in [0.4, 0.5) is 5.69 Å². The Morgan fingerprint density at radius 2 is 1.73 bits per heavy atom. The highest BCUT2D eigenvalue weighted by molar-refractivity contribution is 6.04. The monoisotopic (exact) mass is 507 g/mol. The molecule has 0 saturated carbocycles. The summed E-state index contributed by atoms with van der Waals surface area (Å²) >= 11 is 0. The van der Waals surface area contributed by atoms with Crippen molar-refractivity contribution in [1.29, 1.82) is 0 Å². The number of amides is 3. The summed E-state index contributed by atoms with van der Waals surface area (Å²) in [5.41, 5.74) is -1.55. The lowest BCUT2D eigenvalue weighted by atomic mass is 9.73. The second-order valence-electron chi connectivity index (χ2n) is 10.6. The molecule has 37 heavy (non-hydrogen) atoms. The zero-order chi connectivity index (χ0) is 26.4. The normalized spacial score (nSPS) is 33.8. The van der Waals surface area contributed by atoms with Gasteiger partial charge in [0.2, 0.25) is 17.7 Å². The van der Waals surface area contributed by atoms with Crippen LogP contribution in [0.1, 0.15) is 40.0 Å². The number of hydrogen-bond acceptors (Lipinski definition) is 5. The third kappa shape index (κ3) is 3.76. The summed E-state index contributed by atoms with van der Waals surface area (Å²) in [6, 6.07) is 7.91. The summed E-state index contributed by atoms with van der Waals surface area (Å²) in [7, 11) is 0. The number of rotatable bonds is 7. The minimum absolute atomic E-state index is 0.182. The Morgan fingerprint density at radius 1 is 1.00 bits per heavy atom. The van der Waals surface area contributed by atoms with E-state index in [-0.39, 0.29) is 24.3 Å². The van der Waals surface area contributed by atoms with E-state index in [2.05, 4.69) is 6.92 Å². The Hall–Kier alpha value is -2.97. The molecule has 4 aliphatic rings. The standard InChI is InChI=1S/C29H37N3O5/c1-4-6-16-30-17-11-15-29-23(26(35)32(20(3)19-33)24(29)27(30)36)22-25(34)31(21-12-8-7-9-13-21)18-10-14-28(22,5-2)37-29/h7-15,20,22-24,33H,4-6,16-19H2,1-3H3/t20-,22+,23+,24?,28-,29+/m1/s1. The molecule has 6 atom stereocenters. The van der Waals surface area contributed by atoms with E-state index in [4.69, 9.17) is 4.74 Å². The van der Waals surface area contributed by atoms with Gasteiger partial charge in [-0.3, -0.25) is 14.4 Å². The number of carbonyl (C=O) groups excluding carboxylic acids is 3. The minimum Gasteiger partial charge on any atom is -0.394 e. The lowest BCUT2D eigenvalue weighted by molar-refractivity contribution is -0.155. The van der Waals surface area contributed by atoms with Gasteiger partial charge in [-0.1, -0.05) is 62.8 Å². The number of benzene rings is 1. The maximum absolute atomic E-state index is 14.3. The van der Waals surface area contributed by atoms with Crippen molar-refractivity contribution in [2.24, 2.45) is 11.8 Å². The van der Waals surface area contributed by atoms with Gasteiger partial charge in [0.05, 0.1) is 30.1 Å². The Morgan fingerprint density at radius 3 is 2.41 bits per heavy atom. The van der Waals surface area contributed by atoms with Gasteiger partial charge in [0, 0.05) is 25.3 Å². The third-order valence-corrected chi connectivity index (χ3v) is 8.55. The second kappa shape index (κ2) is 9.72. The first-order valence-electron chi connectivity index (χ1n) is 13.5. The predicted octanol–water partition coefficient (Wildman–Crippen LogP) is 2.53. The van der Waals surface area contributed by atoms with Gasteiger partial charge in [0.15, 0.2) is 0 Å². The van der Waals surface area contributed by atoms with Gasteiger partial charge in [-0.05, 0) is 31.9 Å². The summed E-state index contributed by atoms with van der Waals surface area (Å²) in [6.45, 7) is 6.86. The number of unbranched alkanes of at least 4 members (excludes halogenated alkanes) is 1. The Bertz CT molecular complexity index is 1120. The molecule has 4 heterocycles. The van der Waals surface area contributed by atoms with Crippen molar-refractivity contribution >= 4 is 23.4 Å². The minimum atomic E-state index is -1.29. The van der Waals surface area contributed by atoms with E-state index in [1.807, 2.05) is 61.6 Å². The first kappa shape index (κ1) is 25.7. The van der Waals surface area contributed by atoms with Gasteiger partial charge in [0.25, 0.3) is 0 Å². The molecule has 8 nitrogen and oxygen atoms in total. The quantitative estimate of drug-likeness (QED) is 0.573. The Balaban J connectivity index is 1.65. The number of hydrogen-bond donors (Lipinski definition) is 1. The molecular weight excluding hydrogens is 470 g/mol. The highest BCUT2D eigenvalue weighted by Gasteiger charge is 2.75. The van der Waals surface area contributed by atoms with Crippen LogP contribution in [0.3, 0.4) is 0 Å². The largest absolute Gasteiger partial charge is 0.394 e. The van der Waals surface area contributed by atoms with E-state index in [1.54, 1.807) is 16.7 Å². The van der Waals surface area contributed by atoms with Crippen molar-refractivity contribution in [2.75, 3.05) is 31.1 Å². The molecule has 0 radical (unpaired) electrons. The van der Waals surface area contributed by atoms with Crippen molar-refractivity contribution in [1.82, 2.24) is 9.80 Å². The van der Waals surface area contributed by atoms with Gasteiger partial charge in [0.1, 0.15) is 11.6 Å². The topological polar surface area (TPSA) is 90.4 Å². The van der Waals surface area contributed by atoms with Gasteiger partial charge in [-0.2, -0.15) is 0 Å². The maximum Gasteiger partial charge on any atom is 0.249 e. The molecular formula is C29H37N3O5. The first-order valence-corrected chi connectivity index (χ1v) is 13.5. The molecule has 0 bridgehead atoms. The van der Waals surface area contributed by atoms with Crippen molar-refractivity contribution in [3.05, 3.63) is 54.6 Å². The van der Waals surface area contributed by atoms with Gasteiger partial charge < -0.3 is 24.5 Å². The molecule has 5 rings (SSSR count). The van der Waals surface area contributed by atoms with Crippen LogP contribution < -0.4 is 4.90 Å². The molecule has 8 heteroatoms. The second-order valence-corrected chi connectivity index (χ2v) is 10.6. The average Bonchev–Trinajstić information content (AvgIpc) is 3.21. The lowest BCUT2D eigenvalue weighted by Crippen LogP contribution is -2.58. The average molecular weight is 508 g/mol. The number of aliphatic hydroxyl groups excluding tert-OH is 1. The first-order chi connectivity index (χ1) is 17.8. The lowest BCUT2D eigenvalue weighted by Gasteiger charge is -2.40. The van der Waals surface area contributed by atoms with Gasteiger partial charge in [-0.25, -0.2) is 0 Å². The molecule has 0 aromatic heterocycles. The maximum atomic E-state index is 14.3. The molecule has 0 aliphatic carbocycles. The third-order valence-electron chi connectivity index (χ3n) is 8.55. The molecule has 1 aromatic carbocycles. The van der Waals surface area contributed by atoms with Gasteiger partial charge >= 0.3 is 0 Å². The molecule has 3 amide bonds. The molecule has 1 N–H and O–H groups in total. The number of carbonyl (C=O) groups is 3. The molecule has 1 spiro atoms. The van der Waals surface area contributed by atoms with Crippen LogP contribution >= 0.6 is 0 Å². The van der Waals surface area contributed by atoms with Crippen LogP contribution in [0.25, 0.3) is 0 Å². The van der Waals surface area contributed by atoms with Crippen molar-refractivity contribution in [2.45, 2.75) is 63.3 Å². The van der Waals surface area contributed by atoms with Crippen molar-refractivity contribution in [3.8, 4) is 0 Å². The van der Waals surface area contributed by atoms with Crippen molar-refractivity contribution in [3.63, 3.8) is 0 Å². The number of para-hydroxylation sites is 1. The fraction of sp³-hybridized carbons (Fsp3) is 0.552. The number of nitrogens with zero attached hydrogens (tertiary/aromatic N) is 3. The molecule has 2 saturated heterocycles. The Kier molecular flexibility index (Phi) is 6.75. The molecule has 1 aromatic rings. The number of fused-ring (bicyclic) bond motifs is 2. The predicted molar refractivity (Wildman–Crippen MR) is 140 cm³/mol. The summed E-state index contributed by atoms with van der Waals surface area (Å²) < 4.78 is 6.94. The van der Waals surface area contributed by atoms with Crippen LogP contribution in [0.5, 0.6) is 0 Å². The molecule has 1 unspecified atom stereocenters. The number of anilines is 1. The fourth-order valence-electron chi connectivity index (χ4n) is 6.70. The van der Waals surface area contributed by atoms with Crippen LogP contribution in [0.2, 0.25) is 0 Å². The van der Waals surface area contributed by atoms with Crippen molar-refractivity contribution < 1.29 is 24.2 Å². The van der Waals surface area contributed by atoms with Crippen LogP contribution in [-0.4, -0.2) is 82.2 Å². The Labute approximate surface area is 218 Å². The summed E-state index contributed by atoms with van der Waals surface area (Å²) in [5.74, 6) is -2.35. The number of ether oxygens (including phenoxy) is 1. The van der Waals surface area contributed by atoms with Crippen LogP contribution in [-0.2, 0) is 19.1 Å². The van der Waals surface area contributed by atoms with E-state index in [0.717, 1.165) is 18.5 Å². The zero-order valence-electron chi connectivity index (χ0n) is 21.9. The van der Waals surface area contributed by atoms with E-state index < -0.39 is 35.1 Å². The molecule has 198 valence electrons. The highest BCUT2D eigenvalue weighted by atomic mass is 16.5. The van der Waals surface area contributed by atoms with E-state index in [1.165, 1.54) is 4.90 Å². The van der Waals surface area contributed by atoms with E-state index in [0.29, 0.717) is 26.1 Å². The SMILES string of the molecule is CCCCN1CC=C[C@]23O[C@]4(CC)C=CCN(c5ccccc5)C(=O)[C@@H]4[C@H]2C(=O)N([C@H](C)CO)C3C1=O. The van der Waals surface area contributed by atoms with Crippen LogP contribution in [0.15, 0.2) is 54.6 Å². The van der Waals surface area contributed by atoms with Crippen LogP contribution in [0, 0.1) is 11.8 Å². The number of aliphatic hydroxyl groups is 1. The molecule has 4 aliphatic heterocycles. The summed E-state index contributed by atoms with van der Waals surface area (Å²) in [4.78, 5) is 47.7. The van der Waals surface area contributed by atoms with Gasteiger partial charge in [-0.15, -0.1) is 0 Å². The summed E-state index contributed by atoms with van der Waals surface area (Å²) in [5, 5.41) is 10.1. The van der Waals surface area contributed by atoms with E-state index in [9.17, 15) is 19.5 Å². The smallest absolute Gasteiger partial charge is 0.249 e.